The standard InChI is InChI=1S/C18H21N4O2/c1-5-7-16(22-20-12(2)19-21-22)15-10-13-8-6-9-17(23-3)14(13)11-18(15)24-4/h6,8-11,16H,1,5,7H2,2-4H3. The van der Waals surface area contributed by atoms with E-state index < -0.39 is 0 Å². The van der Waals surface area contributed by atoms with Gasteiger partial charge in [-0.2, -0.15) is 4.80 Å². The second-order valence-electron chi connectivity index (χ2n) is 5.59. The number of fused-ring (bicyclic) bond motifs is 1. The third kappa shape index (κ3) is 2.91. The fourth-order valence-corrected chi connectivity index (χ4v) is 2.93. The zero-order valence-corrected chi connectivity index (χ0v) is 14.2. The predicted molar refractivity (Wildman–Crippen MR) is 92.3 cm³/mol. The van der Waals surface area contributed by atoms with Crippen molar-refractivity contribution in [2.45, 2.75) is 25.8 Å². The Balaban J connectivity index is 2.18. The van der Waals surface area contributed by atoms with Gasteiger partial charge in [0.2, 0.25) is 0 Å². The van der Waals surface area contributed by atoms with Gasteiger partial charge >= 0.3 is 0 Å². The van der Waals surface area contributed by atoms with Gasteiger partial charge in [-0.1, -0.05) is 25.5 Å². The Morgan fingerprint density at radius 3 is 2.58 bits per heavy atom. The highest BCUT2D eigenvalue weighted by Crippen LogP contribution is 2.37. The molecule has 125 valence electrons. The molecule has 0 fully saturated rings. The number of tetrazole rings is 1. The summed E-state index contributed by atoms with van der Waals surface area (Å²) in [5.74, 6) is 2.24. The monoisotopic (exact) mass is 325 g/mol. The lowest BCUT2D eigenvalue weighted by atomic mass is 9.97. The first kappa shape index (κ1) is 16.2. The van der Waals surface area contributed by atoms with Crippen LogP contribution in [-0.2, 0) is 0 Å². The highest BCUT2D eigenvalue weighted by molar-refractivity contribution is 5.90. The quantitative estimate of drug-likeness (QED) is 0.695. The van der Waals surface area contributed by atoms with E-state index in [2.05, 4.69) is 34.5 Å². The van der Waals surface area contributed by atoms with Crippen LogP contribution < -0.4 is 9.47 Å². The molecule has 0 saturated carbocycles. The third-order valence-corrected chi connectivity index (χ3v) is 4.05. The minimum absolute atomic E-state index is 0.0748. The van der Waals surface area contributed by atoms with Crippen LogP contribution in [0.2, 0.25) is 0 Å². The van der Waals surface area contributed by atoms with Gasteiger partial charge in [0.05, 0.1) is 14.2 Å². The Hall–Kier alpha value is -2.63. The summed E-state index contributed by atoms with van der Waals surface area (Å²) >= 11 is 0. The minimum Gasteiger partial charge on any atom is -0.496 e. The predicted octanol–water partition coefficient (Wildman–Crippen LogP) is 3.36. The van der Waals surface area contributed by atoms with Crippen molar-refractivity contribution < 1.29 is 9.47 Å². The van der Waals surface area contributed by atoms with Gasteiger partial charge in [-0.25, -0.2) is 0 Å². The van der Waals surface area contributed by atoms with E-state index in [0.717, 1.165) is 40.7 Å². The van der Waals surface area contributed by atoms with E-state index >= 15 is 0 Å². The molecule has 6 nitrogen and oxygen atoms in total. The fraction of sp³-hybridized carbons (Fsp3) is 0.333. The molecule has 6 heteroatoms. The summed E-state index contributed by atoms with van der Waals surface area (Å²) in [6, 6.07) is 10.0. The highest BCUT2D eigenvalue weighted by Gasteiger charge is 2.21. The lowest BCUT2D eigenvalue weighted by molar-refractivity contribution is 0.378. The topological polar surface area (TPSA) is 62.1 Å². The Morgan fingerprint density at radius 1 is 1.17 bits per heavy atom. The Morgan fingerprint density at radius 2 is 1.96 bits per heavy atom. The summed E-state index contributed by atoms with van der Waals surface area (Å²) in [6.07, 6.45) is 1.55. The zero-order valence-electron chi connectivity index (χ0n) is 14.2. The first-order valence-corrected chi connectivity index (χ1v) is 7.88. The second-order valence-corrected chi connectivity index (χ2v) is 5.59. The molecule has 1 radical (unpaired) electrons. The number of rotatable bonds is 6. The van der Waals surface area contributed by atoms with Crippen LogP contribution in [0.25, 0.3) is 10.8 Å². The van der Waals surface area contributed by atoms with E-state index in [1.807, 2.05) is 25.1 Å². The van der Waals surface area contributed by atoms with Crippen molar-refractivity contribution in [2.75, 3.05) is 14.2 Å². The largest absolute Gasteiger partial charge is 0.496 e. The van der Waals surface area contributed by atoms with Crippen molar-refractivity contribution >= 4 is 10.8 Å². The zero-order chi connectivity index (χ0) is 17.1. The molecule has 1 heterocycles. The Bertz CT molecular complexity index is 844. The number of hydrogen-bond acceptors (Lipinski definition) is 5. The number of hydrogen-bond donors (Lipinski definition) is 0. The molecule has 0 spiro atoms. The van der Waals surface area contributed by atoms with Crippen LogP contribution in [0.5, 0.6) is 11.5 Å². The second kappa shape index (κ2) is 6.86. The van der Waals surface area contributed by atoms with Gasteiger partial charge in [0.15, 0.2) is 5.82 Å². The number of aromatic nitrogens is 4. The van der Waals surface area contributed by atoms with E-state index in [1.54, 1.807) is 19.0 Å². The molecule has 0 bridgehead atoms. The van der Waals surface area contributed by atoms with E-state index in [0.29, 0.717) is 5.82 Å². The maximum atomic E-state index is 5.64. The van der Waals surface area contributed by atoms with Gasteiger partial charge < -0.3 is 9.47 Å². The van der Waals surface area contributed by atoms with Gasteiger partial charge in [-0.3, -0.25) is 0 Å². The molecule has 0 aliphatic carbocycles. The van der Waals surface area contributed by atoms with Crippen LogP contribution in [0.1, 0.15) is 30.3 Å². The molecule has 0 aliphatic rings. The van der Waals surface area contributed by atoms with Crippen molar-refractivity contribution in [2.24, 2.45) is 0 Å². The molecule has 3 rings (SSSR count). The molecule has 0 N–H and O–H groups in total. The van der Waals surface area contributed by atoms with Crippen molar-refractivity contribution in [3.8, 4) is 11.5 Å². The van der Waals surface area contributed by atoms with Crippen LogP contribution in [0.3, 0.4) is 0 Å². The first-order chi connectivity index (χ1) is 11.7. The number of methoxy groups -OCH3 is 2. The summed E-state index contributed by atoms with van der Waals surface area (Å²) in [6.45, 7) is 5.81. The molecule has 3 aromatic rings. The van der Waals surface area contributed by atoms with Crippen LogP contribution in [0.15, 0.2) is 30.3 Å². The first-order valence-electron chi connectivity index (χ1n) is 7.88. The molecule has 1 atom stereocenters. The lowest BCUT2D eigenvalue weighted by Crippen LogP contribution is -2.15. The van der Waals surface area contributed by atoms with Crippen molar-refractivity contribution in [1.29, 1.82) is 0 Å². The van der Waals surface area contributed by atoms with Gasteiger partial charge in [0.1, 0.15) is 17.5 Å². The lowest BCUT2D eigenvalue weighted by Gasteiger charge is -2.19. The molecule has 24 heavy (non-hydrogen) atoms. The molecule has 0 saturated heterocycles. The Kier molecular flexibility index (Phi) is 4.64. The smallest absolute Gasteiger partial charge is 0.171 e. The summed E-state index contributed by atoms with van der Waals surface area (Å²) in [5.41, 5.74) is 1.01. The van der Waals surface area contributed by atoms with E-state index in [-0.39, 0.29) is 6.04 Å². The number of nitrogens with zero attached hydrogens (tertiary/aromatic N) is 4. The van der Waals surface area contributed by atoms with Crippen LogP contribution in [-0.4, -0.2) is 34.4 Å². The summed E-state index contributed by atoms with van der Waals surface area (Å²) in [5, 5.41) is 14.6. The van der Waals surface area contributed by atoms with Gasteiger partial charge in [-0.15, -0.1) is 10.2 Å². The molecular formula is C18H21N4O2. The van der Waals surface area contributed by atoms with Crippen molar-refractivity contribution in [1.82, 2.24) is 20.2 Å². The van der Waals surface area contributed by atoms with Crippen LogP contribution in [0.4, 0.5) is 0 Å². The number of benzene rings is 2. The van der Waals surface area contributed by atoms with Gasteiger partial charge in [0.25, 0.3) is 0 Å². The summed E-state index contributed by atoms with van der Waals surface area (Å²) in [4.78, 5) is 1.64. The van der Waals surface area contributed by atoms with E-state index in [4.69, 9.17) is 9.47 Å². The third-order valence-electron chi connectivity index (χ3n) is 4.05. The van der Waals surface area contributed by atoms with E-state index in [9.17, 15) is 0 Å². The number of ether oxygens (including phenoxy) is 2. The SMILES string of the molecule is [CH2]CCC(c1cc2cccc(OC)c2cc1OC)n1nnc(C)n1. The average Bonchev–Trinajstić information content (AvgIpc) is 3.04. The molecule has 1 unspecified atom stereocenters. The van der Waals surface area contributed by atoms with Crippen molar-refractivity contribution in [3.05, 3.63) is 48.6 Å². The van der Waals surface area contributed by atoms with Crippen LogP contribution in [0, 0.1) is 13.8 Å². The fourth-order valence-electron chi connectivity index (χ4n) is 2.93. The molecule has 1 aromatic heterocycles. The van der Waals surface area contributed by atoms with Gasteiger partial charge in [0, 0.05) is 10.9 Å². The maximum absolute atomic E-state index is 5.64. The average molecular weight is 325 g/mol. The van der Waals surface area contributed by atoms with Gasteiger partial charge in [-0.05, 0) is 42.1 Å². The summed E-state index contributed by atoms with van der Waals surface area (Å²) in [7, 11) is 3.34. The van der Waals surface area contributed by atoms with Crippen LogP contribution >= 0.6 is 0 Å². The van der Waals surface area contributed by atoms with E-state index in [1.165, 1.54) is 0 Å². The normalized spacial score (nSPS) is 12.3. The maximum Gasteiger partial charge on any atom is 0.171 e. The number of aryl methyl sites for hydroxylation is 1. The Labute approximate surface area is 141 Å². The molecule has 0 aliphatic heterocycles. The summed E-state index contributed by atoms with van der Waals surface area (Å²) < 4.78 is 11.1. The van der Waals surface area contributed by atoms with Crippen molar-refractivity contribution in [3.63, 3.8) is 0 Å². The molecule has 2 aromatic carbocycles. The molecule has 0 amide bonds. The minimum atomic E-state index is -0.0748. The molecular weight excluding hydrogens is 304 g/mol. The highest BCUT2D eigenvalue weighted by atomic mass is 16.5.